The zero-order chi connectivity index (χ0) is 12.1. The molecule has 0 aromatic carbocycles. The van der Waals surface area contributed by atoms with Gasteiger partial charge in [0.2, 0.25) is 0 Å². The highest BCUT2D eigenvalue weighted by molar-refractivity contribution is 7.12. The summed E-state index contributed by atoms with van der Waals surface area (Å²) in [4.78, 5) is 13.6. The van der Waals surface area contributed by atoms with Gasteiger partial charge in [-0.2, -0.15) is 0 Å². The van der Waals surface area contributed by atoms with Crippen LogP contribution >= 0.6 is 11.3 Å². The molecule has 0 atom stereocenters. The van der Waals surface area contributed by atoms with Crippen molar-refractivity contribution < 1.29 is 14.7 Å². The van der Waals surface area contributed by atoms with Gasteiger partial charge in [0, 0.05) is 16.2 Å². The van der Waals surface area contributed by atoms with Crippen LogP contribution in [0.15, 0.2) is 11.2 Å². The SMILES string of the molecule is CCOC(=O)C(Cc1cc(C)c(C)s1)=NO. The van der Waals surface area contributed by atoms with Crippen LogP contribution in [0.3, 0.4) is 0 Å². The summed E-state index contributed by atoms with van der Waals surface area (Å²) in [6, 6.07) is 1.99. The number of nitrogens with zero attached hydrogens (tertiary/aromatic N) is 1. The third-order valence-corrected chi connectivity index (χ3v) is 3.34. The molecule has 0 aliphatic heterocycles. The second-order valence-electron chi connectivity index (χ2n) is 3.40. The summed E-state index contributed by atoms with van der Waals surface area (Å²) in [5.41, 5.74) is 1.23. The smallest absolute Gasteiger partial charge is 0.356 e. The fraction of sp³-hybridized carbons (Fsp3) is 0.455. The van der Waals surface area contributed by atoms with Gasteiger partial charge >= 0.3 is 5.97 Å². The number of carbonyl (C=O) groups is 1. The van der Waals surface area contributed by atoms with E-state index in [1.54, 1.807) is 18.3 Å². The highest BCUT2D eigenvalue weighted by Gasteiger charge is 2.15. The summed E-state index contributed by atoms with van der Waals surface area (Å²) >= 11 is 1.59. The third-order valence-electron chi connectivity index (χ3n) is 2.19. The molecule has 1 heterocycles. The second kappa shape index (κ2) is 5.65. The maximum atomic E-state index is 11.4. The Morgan fingerprint density at radius 3 is 2.69 bits per heavy atom. The first-order chi connectivity index (χ1) is 7.58. The molecule has 16 heavy (non-hydrogen) atoms. The number of carbonyl (C=O) groups excluding carboxylic acids is 1. The molecule has 0 aliphatic rings. The molecule has 0 fully saturated rings. The van der Waals surface area contributed by atoms with Gasteiger partial charge in [-0.05, 0) is 32.4 Å². The molecule has 1 aromatic rings. The van der Waals surface area contributed by atoms with E-state index in [0.717, 1.165) is 4.88 Å². The Morgan fingerprint density at radius 1 is 1.56 bits per heavy atom. The monoisotopic (exact) mass is 241 g/mol. The van der Waals surface area contributed by atoms with Gasteiger partial charge in [0.05, 0.1) is 6.61 Å². The zero-order valence-electron chi connectivity index (χ0n) is 9.61. The number of aryl methyl sites for hydroxylation is 2. The fourth-order valence-corrected chi connectivity index (χ4v) is 2.32. The summed E-state index contributed by atoms with van der Waals surface area (Å²) in [7, 11) is 0. The lowest BCUT2D eigenvalue weighted by Crippen LogP contribution is -2.19. The van der Waals surface area contributed by atoms with Crippen molar-refractivity contribution in [3.63, 3.8) is 0 Å². The first-order valence-electron chi connectivity index (χ1n) is 5.02. The van der Waals surface area contributed by atoms with Crippen LogP contribution in [-0.2, 0) is 16.0 Å². The number of thiophene rings is 1. The lowest BCUT2D eigenvalue weighted by atomic mass is 10.2. The van der Waals surface area contributed by atoms with Crippen LogP contribution < -0.4 is 0 Å². The van der Waals surface area contributed by atoms with E-state index >= 15 is 0 Å². The summed E-state index contributed by atoms with van der Waals surface area (Å²) in [6.07, 6.45) is 0.314. The van der Waals surface area contributed by atoms with Crippen molar-refractivity contribution in [2.24, 2.45) is 5.16 Å². The van der Waals surface area contributed by atoms with Gasteiger partial charge in [0.1, 0.15) is 0 Å². The molecule has 1 rings (SSSR count). The Bertz CT molecular complexity index is 390. The van der Waals surface area contributed by atoms with E-state index in [2.05, 4.69) is 5.16 Å². The van der Waals surface area contributed by atoms with Crippen LogP contribution in [0.1, 0.15) is 22.2 Å². The van der Waals surface area contributed by atoms with E-state index in [9.17, 15) is 4.79 Å². The zero-order valence-corrected chi connectivity index (χ0v) is 10.4. The van der Waals surface area contributed by atoms with Crippen LogP contribution in [0.4, 0.5) is 0 Å². The van der Waals surface area contributed by atoms with Crippen LogP contribution in [0, 0.1) is 13.8 Å². The first kappa shape index (κ1) is 12.7. The fourth-order valence-electron chi connectivity index (χ4n) is 1.26. The molecule has 0 saturated carbocycles. The van der Waals surface area contributed by atoms with E-state index in [0.29, 0.717) is 6.42 Å². The Labute approximate surface area is 98.5 Å². The minimum Gasteiger partial charge on any atom is -0.461 e. The molecule has 0 aliphatic carbocycles. The number of oxime groups is 1. The van der Waals surface area contributed by atoms with Crippen LogP contribution in [0.2, 0.25) is 0 Å². The molecule has 88 valence electrons. The molecular formula is C11H15NO3S. The third kappa shape index (κ3) is 3.06. The van der Waals surface area contributed by atoms with Crippen molar-refractivity contribution in [3.8, 4) is 0 Å². The highest BCUT2D eigenvalue weighted by Crippen LogP contribution is 2.21. The number of hydrogen-bond donors (Lipinski definition) is 1. The molecule has 0 saturated heterocycles. The number of esters is 1. The molecular weight excluding hydrogens is 226 g/mol. The Kier molecular flexibility index (Phi) is 4.49. The highest BCUT2D eigenvalue weighted by atomic mass is 32.1. The van der Waals surface area contributed by atoms with Crippen molar-refractivity contribution in [1.82, 2.24) is 0 Å². The Hall–Kier alpha value is -1.36. The molecule has 0 amide bonds. The molecule has 1 N–H and O–H groups in total. The van der Waals surface area contributed by atoms with Crippen LogP contribution in [0.25, 0.3) is 0 Å². The second-order valence-corrected chi connectivity index (χ2v) is 4.74. The Morgan fingerprint density at radius 2 is 2.25 bits per heavy atom. The van der Waals surface area contributed by atoms with Gasteiger partial charge in [-0.15, -0.1) is 11.3 Å². The summed E-state index contributed by atoms with van der Waals surface area (Å²) in [5, 5.41) is 11.7. The minimum atomic E-state index is -0.561. The maximum absolute atomic E-state index is 11.4. The lowest BCUT2D eigenvalue weighted by molar-refractivity contribution is -0.135. The van der Waals surface area contributed by atoms with Gasteiger partial charge in [-0.3, -0.25) is 0 Å². The van der Waals surface area contributed by atoms with Gasteiger partial charge < -0.3 is 9.94 Å². The average Bonchev–Trinajstić information content (AvgIpc) is 2.55. The van der Waals surface area contributed by atoms with E-state index in [1.165, 1.54) is 10.4 Å². The lowest BCUT2D eigenvalue weighted by Gasteiger charge is -2.01. The minimum absolute atomic E-state index is 0.0445. The average molecular weight is 241 g/mol. The first-order valence-corrected chi connectivity index (χ1v) is 5.84. The van der Waals surface area contributed by atoms with Crippen molar-refractivity contribution in [2.45, 2.75) is 27.2 Å². The van der Waals surface area contributed by atoms with Crippen LogP contribution in [0.5, 0.6) is 0 Å². The van der Waals surface area contributed by atoms with Crippen molar-refractivity contribution >= 4 is 23.0 Å². The largest absolute Gasteiger partial charge is 0.461 e. The standard InChI is InChI=1S/C11H15NO3S/c1-4-15-11(13)10(12-14)6-9-5-7(2)8(3)16-9/h5,14H,4,6H2,1-3H3. The summed E-state index contributed by atoms with van der Waals surface area (Å²) in [5.74, 6) is -0.561. The molecule has 0 unspecified atom stereocenters. The Balaban J connectivity index is 2.75. The molecule has 0 radical (unpaired) electrons. The predicted molar refractivity (Wildman–Crippen MR) is 63.4 cm³/mol. The molecule has 5 heteroatoms. The van der Waals surface area contributed by atoms with Gasteiger partial charge in [-0.1, -0.05) is 5.16 Å². The number of rotatable bonds is 4. The predicted octanol–water partition coefficient (Wildman–Crippen LogP) is 2.30. The van der Waals surface area contributed by atoms with E-state index in [1.807, 2.05) is 19.9 Å². The van der Waals surface area contributed by atoms with Crippen molar-refractivity contribution in [3.05, 3.63) is 21.4 Å². The van der Waals surface area contributed by atoms with Gasteiger partial charge in [0.15, 0.2) is 5.71 Å². The topological polar surface area (TPSA) is 58.9 Å². The number of ether oxygens (including phenoxy) is 1. The van der Waals surface area contributed by atoms with Crippen molar-refractivity contribution in [2.75, 3.05) is 6.61 Å². The molecule has 0 spiro atoms. The van der Waals surface area contributed by atoms with Crippen molar-refractivity contribution in [1.29, 1.82) is 0 Å². The van der Waals surface area contributed by atoms with E-state index < -0.39 is 5.97 Å². The normalized spacial score (nSPS) is 11.6. The van der Waals surface area contributed by atoms with Crippen LogP contribution in [-0.4, -0.2) is 23.5 Å². The quantitative estimate of drug-likeness (QED) is 0.381. The van der Waals surface area contributed by atoms with Gasteiger partial charge in [-0.25, -0.2) is 4.79 Å². The summed E-state index contributed by atoms with van der Waals surface area (Å²) in [6.45, 7) is 6.02. The number of hydrogen-bond acceptors (Lipinski definition) is 5. The summed E-state index contributed by atoms with van der Waals surface area (Å²) < 4.78 is 4.78. The molecule has 0 bridgehead atoms. The van der Waals surface area contributed by atoms with Gasteiger partial charge in [0.25, 0.3) is 0 Å². The maximum Gasteiger partial charge on any atom is 0.356 e. The van der Waals surface area contributed by atoms with E-state index in [4.69, 9.17) is 9.94 Å². The van der Waals surface area contributed by atoms with E-state index in [-0.39, 0.29) is 12.3 Å². The molecule has 4 nitrogen and oxygen atoms in total. The molecule has 1 aromatic heterocycles.